The zero-order valence-corrected chi connectivity index (χ0v) is 9.62. The van der Waals surface area contributed by atoms with Crippen LogP contribution in [0.3, 0.4) is 0 Å². The average molecular weight is 252 g/mol. The molecule has 0 amide bonds. The van der Waals surface area contributed by atoms with Gasteiger partial charge in [0.1, 0.15) is 17.5 Å². The van der Waals surface area contributed by atoms with Crippen molar-refractivity contribution in [1.29, 1.82) is 5.26 Å². The number of aliphatic hydroxyl groups excluding tert-OH is 1. The van der Waals surface area contributed by atoms with E-state index in [1.54, 1.807) is 6.07 Å². The second kappa shape index (κ2) is 5.39. The van der Waals surface area contributed by atoms with Crippen LogP contribution in [0.2, 0.25) is 0 Å². The average Bonchev–Trinajstić information content (AvgIpc) is 2.36. The highest BCUT2D eigenvalue weighted by atomic mass is 16.6. The van der Waals surface area contributed by atoms with E-state index in [1.165, 1.54) is 13.0 Å². The first kappa shape index (κ1) is 13.8. The van der Waals surface area contributed by atoms with E-state index in [0.29, 0.717) is 0 Å². The quantitative estimate of drug-likeness (QED) is 0.496. The lowest BCUT2D eigenvalue weighted by Crippen LogP contribution is -2.37. The number of hydrogen-bond donors (Lipinski definition) is 3. The van der Waals surface area contributed by atoms with E-state index in [4.69, 9.17) is 10.4 Å². The largest absolute Gasteiger partial charge is 0.393 e. The standard InChI is InChI=1S/C10H12N4O4/c1-10(16,6-15)5-12-9-3-2-8(14(17)18)7(4-11)13-9/h2-3,15-16H,5-6H2,1H3,(H,12,13). The Kier molecular flexibility index (Phi) is 4.14. The molecule has 18 heavy (non-hydrogen) atoms. The fourth-order valence-corrected chi connectivity index (χ4v) is 1.12. The van der Waals surface area contributed by atoms with Crippen LogP contribution >= 0.6 is 0 Å². The molecule has 1 heterocycles. The van der Waals surface area contributed by atoms with Crippen molar-refractivity contribution in [2.75, 3.05) is 18.5 Å². The predicted molar refractivity (Wildman–Crippen MR) is 61.8 cm³/mol. The van der Waals surface area contributed by atoms with Crippen molar-refractivity contribution in [2.45, 2.75) is 12.5 Å². The third-order valence-electron chi connectivity index (χ3n) is 2.17. The molecule has 0 aliphatic rings. The Balaban J connectivity index is 2.88. The van der Waals surface area contributed by atoms with Gasteiger partial charge in [-0.25, -0.2) is 4.98 Å². The third-order valence-corrected chi connectivity index (χ3v) is 2.17. The van der Waals surface area contributed by atoms with Crippen molar-refractivity contribution < 1.29 is 15.1 Å². The molecule has 8 nitrogen and oxygen atoms in total. The van der Waals surface area contributed by atoms with Gasteiger partial charge in [-0.2, -0.15) is 5.26 Å². The molecule has 0 radical (unpaired) electrons. The number of nitro groups is 1. The van der Waals surface area contributed by atoms with Crippen LogP contribution in [0.4, 0.5) is 11.5 Å². The molecule has 3 N–H and O–H groups in total. The van der Waals surface area contributed by atoms with Gasteiger partial charge in [0.2, 0.25) is 5.69 Å². The molecule has 0 aromatic carbocycles. The molecule has 96 valence electrons. The molecule has 1 rings (SSSR count). The van der Waals surface area contributed by atoms with Crippen molar-refractivity contribution in [2.24, 2.45) is 0 Å². The molecule has 0 fully saturated rings. The first-order chi connectivity index (χ1) is 8.39. The maximum absolute atomic E-state index is 10.6. The number of nitrogens with zero attached hydrogens (tertiary/aromatic N) is 3. The molecule has 8 heteroatoms. The molecule has 1 aromatic heterocycles. The number of nitrogens with one attached hydrogen (secondary N) is 1. The van der Waals surface area contributed by atoms with Crippen molar-refractivity contribution in [3.8, 4) is 6.07 Å². The Morgan fingerprint density at radius 3 is 2.83 bits per heavy atom. The maximum Gasteiger partial charge on any atom is 0.305 e. The topological polar surface area (TPSA) is 132 Å². The monoisotopic (exact) mass is 252 g/mol. The molecule has 1 atom stereocenters. The van der Waals surface area contributed by atoms with E-state index in [1.807, 2.05) is 0 Å². The van der Waals surface area contributed by atoms with E-state index in [2.05, 4.69) is 10.3 Å². The summed E-state index contributed by atoms with van der Waals surface area (Å²) in [6.45, 7) is 0.966. The molecule has 0 bridgehead atoms. The van der Waals surface area contributed by atoms with Crippen LogP contribution in [-0.2, 0) is 0 Å². The fraction of sp³-hybridized carbons (Fsp3) is 0.400. The molecule has 0 spiro atoms. The highest BCUT2D eigenvalue weighted by Crippen LogP contribution is 2.18. The summed E-state index contributed by atoms with van der Waals surface area (Å²) >= 11 is 0. The predicted octanol–water partition coefficient (Wildman–Crippen LogP) is 0.0167. The number of rotatable bonds is 5. The zero-order valence-electron chi connectivity index (χ0n) is 9.62. The summed E-state index contributed by atoms with van der Waals surface area (Å²) in [6.07, 6.45) is 0. The summed E-state index contributed by atoms with van der Waals surface area (Å²) in [7, 11) is 0. The Hall–Kier alpha value is -2.24. The molecule has 1 unspecified atom stereocenters. The highest BCUT2D eigenvalue weighted by molar-refractivity contribution is 5.50. The van der Waals surface area contributed by atoms with Crippen LogP contribution in [0.15, 0.2) is 12.1 Å². The summed E-state index contributed by atoms with van der Waals surface area (Å²) in [5.74, 6) is 0.214. The summed E-state index contributed by atoms with van der Waals surface area (Å²) in [5.41, 5.74) is -2.03. The van der Waals surface area contributed by atoms with E-state index in [9.17, 15) is 15.2 Å². The molecule has 1 aromatic rings. The number of nitriles is 1. The van der Waals surface area contributed by atoms with Crippen LogP contribution in [0.1, 0.15) is 12.6 Å². The normalized spacial score (nSPS) is 13.4. The number of aromatic nitrogens is 1. The lowest BCUT2D eigenvalue weighted by Gasteiger charge is -2.20. The van der Waals surface area contributed by atoms with Crippen LogP contribution < -0.4 is 5.32 Å². The van der Waals surface area contributed by atoms with Crippen molar-refractivity contribution in [1.82, 2.24) is 4.98 Å². The van der Waals surface area contributed by atoms with E-state index >= 15 is 0 Å². The van der Waals surface area contributed by atoms with Gasteiger partial charge in [-0.15, -0.1) is 0 Å². The van der Waals surface area contributed by atoms with Crippen LogP contribution in [0.5, 0.6) is 0 Å². The minimum absolute atomic E-state index is 0.000814. The van der Waals surface area contributed by atoms with E-state index < -0.39 is 17.1 Å². The number of anilines is 1. The number of hydrogen-bond acceptors (Lipinski definition) is 7. The van der Waals surface area contributed by atoms with E-state index in [-0.39, 0.29) is 23.7 Å². The van der Waals surface area contributed by atoms with Gasteiger partial charge in [0.15, 0.2) is 0 Å². The fourth-order valence-electron chi connectivity index (χ4n) is 1.12. The van der Waals surface area contributed by atoms with E-state index in [0.717, 1.165) is 6.07 Å². The smallest absolute Gasteiger partial charge is 0.305 e. The first-order valence-corrected chi connectivity index (χ1v) is 5.02. The van der Waals surface area contributed by atoms with Gasteiger partial charge in [-0.3, -0.25) is 10.1 Å². The van der Waals surface area contributed by atoms with Gasteiger partial charge in [0.05, 0.1) is 11.5 Å². The van der Waals surface area contributed by atoms with Gasteiger partial charge in [0, 0.05) is 12.6 Å². The second-order valence-electron chi connectivity index (χ2n) is 3.94. The van der Waals surface area contributed by atoms with Crippen LogP contribution in [0, 0.1) is 21.4 Å². The summed E-state index contributed by atoms with van der Waals surface area (Å²) in [4.78, 5) is 13.6. The highest BCUT2D eigenvalue weighted by Gasteiger charge is 2.20. The van der Waals surface area contributed by atoms with Gasteiger partial charge >= 0.3 is 5.69 Å². The minimum Gasteiger partial charge on any atom is -0.393 e. The van der Waals surface area contributed by atoms with Crippen molar-refractivity contribution in [3.05, 3.63) is 27.9 Å². The number of pyridine rings is 1. The van der Waals surface area contributed by atoms with Gasteiger partial charge in [-0.1, -0.05) is 0 Å². The molecular formula is C10H12N4O4. The Morgan fingerprint density at radius 1 is 1.67 bits per heavy atom. The van der Waals surface area contributed by atoms with Gasteiger partial charge in [-0.05, 0) is 13.0 Å². The van der Waals surface area contributed by atoms with Crippen LogP contribution in [0.25, 0.3) is 0 Å². The molecular weight excluding hydrogens is 240 g/mol. The SMILES string of the molecule is CC(O)(CO)CNc1ccc([N+](=O)[O-])c(C#N)n1. The lowest BCUT2D eigenvalue weighted by molar-refractivity contribution is -0.385. The summed E-state index contributed by atoms with van der Waals surface area (Å²) in [5, 5.41) is 40.4. The number of aliphatic hydroxyl groups is 2. The Labute approximate surface area is 103 Å². The Morgan fingerprint density at radius 2 is 2.33 bits per heavy atom. The zero-order chi connectivity index (χ0) is 13.8. The summed E-state index contributed by atoms with van der Waals surface area (Å²) < 4.78 is 0. The Bertz CT molecular complexity index is 495. The molecule has 0 saturated carbocycles. The lowest BCUT2D eigenvalue weighted by atomic mass is 10.1. The van der Waals surface area contributed by atoms with Crippen LogP contribution in [-0.4, -0.2) is 38.9 Å². The van der Waals surface area contributed by atoms with Crippen molar-refractivity contribution in [3.63, 3.8) is 0 Å². The minimum atomic E-state index is -1.34. The first-order valence-electron chi connectivity index (χ1n) is 5.02. The maximum atomic E-state index is 10.6. The molecule has 0 aliphatic carbocycles. The van der Waals surface area contributed by atoms with Gasteiger partial charge in [0.25, 0.3) is 0 Å². The summed E-state index contributed by atoms with van der Waals surface area (Å²) in [6, 6.07) is 4.10. The van der Waals surface area contributed by atoms with Crippen molar-refractivity contribution >= 4 is 11.5 Å². The second-order valence-corrected chi connectivity index (χ2v) is 3.94. The molecule has 0 saturated heterocycles. The molecule has 0 aliphatic heterocycles. The van der Waals surface area contributed by atoms with Gasteiger partial charge < -0.3 is 15.5 Å². The third kappa shape index (κ3) is 3.38.